The number of aromatic nitrogens is 3. The molecule has 1 fully saturated rings. The van der Waals surface area contributed by atoms with Crippen LogP contribution in [0.4, 0.5) is 11.6 Å². The summed E-state index contributed by atoms with van der Waals surface area (Å²) in [6, 6.07) is 1.92. The second-order valence-corrected chi connectivity index (χ2v) is 8.45. The van der Waals surface area contributed by atoms with E-state index in [9.17, 15) is 8.42 Å². The van der Waals surface area contributed by atoms with Crippen molar-refractivity contribution in [3.8, 4) is 0 Å². The van der Waals surface area contributed by atoms with Gasteiger partial charge in [0.15, 0.2) is 5.76 Å². The lowest BCUT2D eigenvalue weighted by atomic mass is 10.3. The molecule has 0 saturated carbocycles. The highest BCUT2D eigenvalue weighted by atomic mass is 32.2. The molecule has 1 aliphatic heterocycles. The van der Waals surface area contributed by atoms with Gasteiger partial charge in [-0.15, -0.1) is 0 Å². The molecule has 2 aromatic heterocycles. The molecular formula is C16H24N6O3S. The van der Waals surface area contributed by atoms with Crippen molar-refractivity contribution < 1.29 is 12.9 Å². The molecule has 2 aromatic rings. The lowest BCUT2D eigenvalue weighted by Crippen LogP contribution is -2.49. The second kappa shape index (κ2) is 6.84. The van der Waals surface area contributed by atoms with Gasteiger partial charge in [0, 0.05) is 46.3 Å². The first-order chi connectivity index (χ1) is 12.2. The van der Waals surface area contributed by atoms with Crippen molar-refractivity contribution in [3.05, 3.63) is 23.3 Å². The molecule has 0 bridgehead atoms. The average Bonchev–Trinajstić information content (AvgIpc) is 2.93. The van der Waals surface area contributed by atoms with Gasteiger partial charge in [-0.05, 0) is 20.8 Å². The van der Waals surface area contributed by atoms with Crippen molar-refractivity contribution in [3.63, 3.8) is 0 Å². The second-order valence-electron chi connectivity index (χ2n) is 6.57. The predicted octanol–water partition coefficient (Wildman–Crippen LogP) is 0.967. The summed E-state index contributed by atoms with van der Waals surface area (Å²) in [6.07, 6.45) is 0. The van der Waals surface area contributed by atoms with E-state index in [1.807, 2.05) is 32.0 Å². The maximum absolute atomic E-state index is 12.9. The molecule has 9 nitrogen and oxygen atoms in total. The zero-order chi connectivity index (χ0) is 19.1. The summed E-state index contributed by atoms with van der Waals surface area (Å²) in [5.74, 6) is 2.66. The van der Waals surface area contributed by atoms with E-state index in [4.69, 9.17) is 4.52 Å². The van der Waals surface area contributed by atoms with Crippen LogP contribution in [0.2, 0.25) is 0 Å². The molecule has 0 aliphatic carbocycles. The van der Waals surface area contributed by atoms with Crippen molar-refractivity contribution in [1.29, 1.82) is 0 Å². The molecule has 1 saturated heterocycles. The number of anilines is 2. The van der Waals surface area contributed by atoms with Crippen LogP contribution < -0.4 is 9.80 Å². The molecule has 0 N–H and O–H groups in total. The van der Waals surface area contributed by atoms with Crippen molar-refractivity contribution in [1.82, 2.24) is 19.4 Å². The van der Waals surface area contributed by atoms with Gasteiger partial charge in [-0.25, -0.2) is 18.4 Å². The maximum atomic E-state index is 12.9. The van der Waals surface area contributed by atoms with Crippen molar-refractivity contribution in [2.24, 2.45) is 0 Å². The van der Waals surface area contributed by atoms with Gasteiger partial charge in [-0.2, -0.15) is 4.31 Å². The molecule has 0 aromatic carbocycles. The molecule has 0 atom stereocenters. The first-order valence-electron chi connectivity index (χ1n) is 8.41. The van der Waals surface area contributed by atoms with Crippen LogP contribution in [0.1, 0.15) is 17.3 Å². The molecular weight excluding hydrogens is 356 g/mol. The van der Waals surface area contributed by atoms with E-state index in [-0.39, 0.29) is 4.90 Å². The molecule has 26 heavy (non-hydrogen) atoms. The van der Waals surface area contributed by atoms with Crippen molar-refractivity contribution in [2.75, 3.05) is 50.1 Å². The van der Waals surface area contributed by atoms with Gasteiger partial charge >= 0.3 is 0 Å². The Balaban J connectivity index is 1.78. The largest absolute Gasteiger partial charge is 0.363 e. The molecule has 0 radical (unpaired) electrons. The van der Waals surface area contributed by atoms with Gasteiger partial charge in [0.1, 0.15) is 28.0 Å². The minimum Gasteiger partial charge on any atom is -0.363 e. The van der Waals surface area contributed by atoms with Crippen LogP contribution in [-0.4, -0.2) is 68.1 Å². The number of hydrogen-bond donors (Lipinski definition) is 0. The fourth-order valence-corrected chi connectivity index (χ4v) is 4.77. The third-order valence-electron chi connectivity index (χ3n) is 4.40. The third kappa shape index (κ3) is 3.38. The van der Waals surface area contributed by atoms with Crippen LogP contribution in [-0.2, 0) is 10.0 Å². The SMILES string of the molecule is Cc1nc(N(C)C)cc(N2CCN(S(=O)(=O)c3c(C)noc3C)CC2)n1. The Morgan fingerprint density at radius 3 is 2.27 bits per heavy atom. The lowest BCUT2D eigenvalue weighted by Gasteiger charge is -2.34. The van der Waals surface area contributed by atoms with Crippen LogP contribution in [0.15, 0.2) is 15.5 Å². The molecule has 1 aliphatic rings. The van der Waals surface area contributed by atoms with E-state index < -0.39 is 10.0 Å². The normalized spacial score (nSPS) is 16.1. The van der Waals surface area contributed by atoms with Gasteiger partial charge in [-0.1, -0.05) is 5.16 Å². The van der Waals surface area contributed by atoms with Gasteiger partial charge in [0.2, 0.25) is 10.0 Å². The Hall–Kier alpha value is -2.20. The minimum atomic E-state index is -3.61. The van der Waals surface area contributed by atoms with E-state index in [0.717, 1.165) is 11.6 Å². The van der Waals surface area contributed by atoms with E-state index >= 15 is 0 Å². The summed E-state index contributed by atoms with van der Waals surface area (Å²) in [4.78, 5) is 13.1. The summed E-state index contributed by atoms with van der Waals surface area (Å²) in [7, 11) is 0.254. The monoisotopic (exact) mass is 380 g/mol. The third-order valence-corrected chi connectivity index (χ3v) is 6.54. The lowest BCUT2D eigenvalue weighted by molar-refractivity contribution is 0.377. The van der Waals surface area contributed by atoms with Gasteiger partial charge < -0.3 is 14.3 Å². The van der Waals surface area contributed by atoms with Crippen LogP contribution in [0.5, 0.6) is 0 Å². The van der Waals surface area contributed by atoms with Crippen LogP contribution in [0, 0.1) is 20.8 Å². The first kappa shape index (κ1) is 18.6. The Labute approximate surface area is 153 Å². The van der Waals surface area contributed by atoms with Gasteiger partial charge in [-0.3, -0.25) is 0 Å². The molecule has 3 rings (SSSR count). The molecule has 0 spiro atoms. The van der Waals surface area contributed by atoms with Crippen molar-refractivity contribution in [2.45, 2.75) is 25.7 Å². The highest BCUT2D eigenvalue weighted by Crippen LogP contribution is 2.25. The van der Waals surface area contributed by atoms with Gasteiger partial charge in [0.05, 0.1) is 0 Å². The van der Waals surface area contributed by atoms with E-state index in [1.165, 1.54) is 4.31 Å². The van der Waals surface area contributed by atoms with Crippen LogP contribution >= 0.6 is 0 Å². The number of nitrogens with zero attached hydrogens (tertiary/aromatic N) is 6. The number of aryl methyl sites for hydroxylation is 3. The molecule has 3 heterocycles. The quantitative estimate of drug-likeness (QED) is 0.774. The first-order valence-corrected chi connectivity index (χ1v) is 9.85. The van der Waals surface area contributed by atoms with E-state index in [1.54, 1.807) is 13.8 Å². The predicted molar refractivity (Wildman–Crippen MR) is 98.0 cm³/mol. The van der Waals surface area contributed by atoms with Crippen LogP contribution in [0.25, 0.3) is 0 Å². The standard InChI is InChI=1S/C16H24N6O3S/c1-11-16(12(2)25-19-11)26(23,24)22-8-6-21(7-9-22)15-10-14(20(4)5)17-13(3)18-15/h10H,6-9H2,1-5H3. The maximum Gasteiger partial charge on any atom is 0.248 e. The average molecular weight is 380 g/mol. The summed E-state index contributed by atoms with van der Waals surface area (Å²) in [5.41, 5.74) is 0.395. The Bertz CT molecular complexity index is 881. The Kier molecular flexibility index (Phi) is 4.89. The fourth-order valence-electron chi connectivity index (χ4n) is 3.06. The minimum absolute atomic E-state index is 0.179. The zero-order valence-corrected chi connectivity index (χ0v) is 16.5. The Morgan fingerprint density at radius 2 is 1.73 bits per heavy atom. The number of piperazine rings is 1. The summed E-state index contributed by atoms with van der Waals surface area (Å²) in [6.45, 7) is 7.01. The fraction of sp³-hybridized carbons (Fsp3) is 0.562. The highest BCUT2D eigenvalue weighted by molar-refractivity contribution is 7.89. The topological polar surface area (TPSA) is 95.7 Å². The number of hydrogen-bond acceptors (Lipinski definition) is 8. The molecule has 0 unspecified atom stereocenters. The highest BCUT2D eigenvalue weighted by Gasteiger charge is 2.33. The van der Waals surface area contributed by atoms with E-state index in [2.05, 4.69) is 20.0 Å². The molecule has 142 valence electrons. The zero-order valence-electron chi connectivity index (χ0n) is 15.7. The van der Waals surface area contributed by atoms with Crippen molar-refractivity contribution >= 4 is 21.7 Å². The number of sulfonamides is 1. The number of rotatable bonds is 4. The summed E-state index contributed by atoms with van der Waals surface area (Å²) >= 11 is 0. The molecule has 0 amide bonds. The smallest absolute Gasteiger partial charge is 0.248 e. The Morgan fingerprint density at radius 1 is 1.08 bits per heavy atom. The summed E-state index contributed by atoms with van der Waals surface area (Å²) in [5, 5.41) is 3.76. The van der Waals surface area contributed by atoms with Crippen LogP contribution in [0.3, 0.4) is 0 Å². The van der Waals surface area contributed by atoms with Gasteiger partial charge in [0.25, 0.3) is 0 Å². The molecule has 10 heteroatoms. The summed E-state index contributed by atoms with van der Waals surface area (Å²) < 4.78 is 32.3. The van der Waals surface area contributed by atoms with E-state index in [0.29, 0.717) is 43.5 Å².